The first-order valence-corrected chi connectivity index (χ1v) is 9.50. The van der Waals surface area contributed by atoms with Crippen molar-refractivity contribution in [2.24, 2.45) is 0 Å². The van der Waals surface area contributed by atoms with Crippen molar-refractivity contribution >= 4 is 55.1 Å². The maximum atomic E-state index is 14.6. The highest BCUT2D eigenvalue weighted by molar-refractivity contribution is 9.11. The van der Waals surface area contributed by atoms with Crippen molar-refractivity contribution in [1.82, 2.24) is 0 Å². The molecule has 0 aliphatic carbocycles. The molecule has 0 saturated heterocycles. The molecular weight excluding hydrogens is 512 g/mol. The van der Waals surface area contributed by atoms with Crippen molar-refractivity contribution in [2.45, 2.75) is 19.4 Å². The van der Waals surface area contributed by atoms with E-state index in [0.717, 1.165) is 0 Å². The van der Waals surface area contributed by atoms with E-state index < -0.39 is 16.7 Å². The summed E-state index contributed by atoms with van der Waals surface area (Å²) in [7, 11) is 1.26. The summed E-state index contributed by atoms with van der Waals surface area (Å²) in [6.07, 6.45) is 0.197. The van der Waals surface area contributed by atoms with Crippen LogP contribution in [-0.4, -0.2) is 18.0 Å². The average Bonchev–Trinajstić information content (AvgIpc) is 2.64. The van der Waals surface area contributed by atoms with Gasteiger partial charge in [-0.15, -0.1) is 0 Å². The third kappa shape index (κ3) is 5.18. The van der Waals surface area contributed by atoms with E-state index in [1.165, 1.54) is 25.3 Å². The highest BCUT2D eigenvalue weighted by atomic mass is 79.9. The normalized spacial score (nSPS) is 10.6. The second kappa shape index (κ2) is 9.48. The van der Waals surface area contributed by atoms with E-state index in [1.54, 1.807) is 6.07 Å². The van der Waals surface area contributed by atoms with Crippen LogP contribution in [0.1, 0.15) is 17.5 Å². The zero-order valence-electron chi connectivity index (χ0n) is 13.9. The Morgan fingerprint density at radius 3 is 2.67 bits per heavy atom. The van der Waals surface area contributed by atoms with Crippen LogP contribution in [0.25, 0.3) is 0 Å². The quantitative estimate of drug-likeness (QED) is 0.204. The van der Waals surface area contributed by atoms with Gasteiger partial charge in [0.05, 0.1) is 21.0 Å². The van der Waals surface area contributed by atoms with Crippen LogP contribution in [0.15, 0.2) is 33.2 Å². The van der Waals surface area contributed by atoms with Crippen LogP contribution in [0.2, 0.25) is 5.02 Å². The molecule has 0 saturated carbocycles. The summed E-state index contributed by atoms with van der Waals surface area (Å²) in [5.41, 5.74) is 0.458. The summed E-state index contributed by atoms with van der Waals surface area (Å²) in [5.74, 6) is -0.832. The second-order valence-corrected chi connectivity index (χ2v) is 7.37. The second-order valence-electron chi connectivity index (χ2n) is 5.35. The van der Waals surface area contributed by atoms with Gasteiger partial charge in [0.15, 0.2) is 5.75 Å². The summed E-state index contributed by atoms with van der Waals surface area (Å²) >= 11 is 12.5. The molecule has 144 valence electrons. The minimum atomic E-state index is -0.590. The number of hydrogen-bond donors (Lipinski definition) is 0. The predicted molar refractivity (Wildman–Crippen MR) is 105 cm³/mol. The van der Waals surface area contributed by atoms with Gasteiger partial charge in [0.25, 0.3) is 5.69 Å². The van der Waals surface area contributed by atoms with Gasteiger partial charge in [0, 0.05) is 18.1 Å². The third-order valence-electron chi connectivity index (χ3n) is 3.65. The Hall–Kier alpha value is -1.71. The minimum absolute atomic E-state index is 0.0371. The van der Waals surface area contributed by atoms with Crippen LogP contribution >= 0.6 is 43.5 Å². The maximum absolute atomic E-state index is 14.6. The Labute approximate surface area is 176 Å². The molecule has 0 radical (unpaired) electrons. The molecule has 10 heteroatoms. The Balaban J connectivity index is 2.23. The number of benzene rings is 2. The Kier molecular flexibility index (Phi) is 7.58. The summed E-state index contributed by atoms with van der Waals surface area (Å²) in [6, 6.07) is 5.86. The molecule has 0 amide bonds. The molecule has 0 heterocycles. The van der Waals surface area contributed by atoms with Gasteiger partial charge in [-0.25, -0.2) is 4.39 Å². The number of nitro groups is 1. The van der Waals surface area contributed by atoms with E-state index in [2.05, 4.69) is 36.6 Å². The van der Waals surface area contributed by atoms with Crippen LogP contribution in [0.5, 0.6) is 5.75 Å². The summed E-state index contributed by atoms with van der Waals surface area (Å²) < 4.78 is 25.3. The summed E-state index contributed by atoms with van der Waals surface area (Å²) in [5, 5.41) is 10.9. The van der Waals surface area contributed by atoms with Crippen LogP contribution in [-0.2, 0) is 22.6 Å². The van der Waals surface area contributed by atoms with Crippen LogP contribution < -0.4 is 4.74 Å². The number of halogens is 4. The molecule has 0 fully saturated rings. The fourth-order valence-corrected chi connectivity index (χ4v) is 3.94. The fourth-order valence-electron chi connectivity index (χ4n) is 2.25. The number of methoxy groups -OCH3 is 1. The molecule has 0 aliphatic rings. The van der Waals surface area contributed by atoms with Gasteiger partial charge in [-0.2, -0.15) is 0 Å². The zero-order valence-corrected chi connectivity index (χ0v) is 17.9. The van der Waals surface area contributed by atoms with E-state index in [-0.39, 0.29) is 40.4 Å². The highest BCUT2D eigenvalue weighted by Gasteiger charge is 2.20. The number of nitro benzene ring substituents is 1. The Morgan fingerprint density at radius 1 is 1.33 bits per heavy atom. The smallest absolute Gasteiger partial charge is 0.305 e. The lowest BCUT2D eigenvalue weighted by Crippen LogP contribution is -2.05. The van der Waals surface area contributed by atoms with Crippen molar-refractivity contribution in [3.8, 4) is 5.75 Å². The van der Waals surface area contributed by atoms with Crippen molar-refractivity contribution in [3.63, 3.8) is 0 Å². The average molecular weight is 526 g/mol. The molecular formula is C17H13Br2ClFNO5. The van der Waals surface area contributed by atoms with Crippen molar-refractivity contribution in [1.29, 1.82) is 0 Å². The number of ether oxygens (including phenoxy) is 2. The van der Waals surface area contributed by atoms with E-state index >= 15 is 0 Å². The van der Waals surface area contributed by atoms with Gasteiger partial charge in [-0.3, -0.25) is 14.9 Å². The third-order valence-corrected chi connectivity index (χ3v) is 5.38. The van der Waals surface area contributed by atoms with Gasteiger partial charge >= 0.3 is 5.97 Å². The van der Waals surface area contributed by atoms with E-state index in [0.29, 0.717) is 15.6 Å². The van der Waals surface area contributed by atoms with Gasteiger partial charge in [-0.1, -0.05) is 23.7 Å². The molecule has 0 bridgehead atoms. The van der Waals surface area contributed by atoms with Gasteiger partial charge < -0.3 is 9.47 Å². The molecule has 2 rings (SSSR count). The van der Waals surface area contributed by atoms with E-state index in [4.69, 9.17) is 16.3 Å². The predicted octanol–water partition coefficient (Wildman–Crippen LogP) is 5.60. The Bertz CT molecular complexity index is 894. The first kappa shape index (κ1) is 21.6. The number of hydrogen-bond acceptors (Lipinski definition) is 5. The summed E-state index contributed by atoms with van der Waals surface area (Å²) in [6.45, 7) is -0.0986. The number of carbonyl (C=O) groups is 1. The van der Waals surface area contributed by atoms with Crippen LogP contribution in [0.3, 0.4) is 0 Å². The van der Waals surface area contributed by atoms with Crippen molar-refractivity contribution in [2.75, 3.05) is 7.11 Å². The number of carbonyl (C=O) groups excluding carboxylic acids is 1. The van der Waals surface area contributed by atoms with Gasteiger partial charge in [0.2, 0.25) is 0 Å². The lowest BCUT2D eigenvalue weighted by atomic mass is 10.1. The molecule has 2 aromatic rings. The SMILES string of the molecule is COC(=O)CCc1cc(Br)c(OCc2cccc([N+](=O)[O-])c2Cl)c(Br)c1F. The molecule has 0 N–H and O–H groups in total. The van der Waals surface area contributed by atoms with Crippen LogP contribution in [0, 0.1) is 15.9 Å². The number of nitrogens with zero attached hydrogens (tertiary/aromatic N) is 1. The molecule has 0 spiro atoms. The molecule has 27 heavy (non-hydrogen) atoms. The molecule has 2 aromatic carbocycles. The van der Waals surface area contributed by atoms with Crippen molar-refractivity contribution in [3.05, 3.63) is 65.3 Å². The van der Waals surface area contributed by atoms with Gasteiger partial charge in [0.1, 0.15) is 17.4 Å². The lowest BCUT2D eigenvalue weighted by molar-refractivity contribution is -0.384. The fraction of sp³-hybridized carbons (Fsp3) is 0.235. The molecule has 0 atom stereocenters. The topological polar surface area (TPSA) is 78.7 Å². The van der Waals surface area contributed by atoms with Gasteiger partial charge in [-0.05, 0) is 49.9 Å². The minimum Gasteiger partial charge on any atom is -0.486 e. The number of esters is 1. The lowest BCUT2D eigenvalue weighted by Gasteiger charge is -2.14. The maximum Gasteiger partial charge on any atom is 0.305 e. The van der Waals surface area contributed by atoms with E-state index in [1.807, 2.05) is 0 Å². The monoisotopic (exact) mass is 523 g/mol. The zero-order chi connectivity index (χ0) is 20.1. The number of rotatable bonds is 7. The van der Waals surface area contributed by atoms with Crippen LogP contribution in [0.4, 0.5) is 10.1 Å². The molecule has 0 unspecified atom stereocenters. The largest absolute Gasteiger partial charge is 0.486 e. The Morgan fingerprint density at radius 2 is 2.04 bits per heavy atom. The van der Waals surface area contributed by atoms with E-state index in [9.17, 15) is 19.3 Å². The standard InChI is InChI=1S/C17H13Br2ClFNO5/c1-26-13(23)6-5-9-7-11(18)17(14(19)16(9)21)27-8-10-3-2-4-12(15(10)20)22(24)25/h2-4,7H,5-6,8H2,1H3. The number of aryl methyl sites for hydroxylation is 1. The molecule has 6 nitrogen and oxygen atoms in total. The first-order valence-electron chi connectivity index (χ1n) is 7.54. The summed E-state index contributed by atoms with van der Waals surface area (Å²) in [4.78, 5) is 21.6. The van der Waals surface area contributed by atoms with Crippen molar-refractivity contribution < 1.29 is 23.6 Å². The molecule has 0 aromatic heterocycles. The molecule has 0 aliphatic heterocycles. The highest BCUT2D eigenvalue weighted by Crippen LogP contribution is 2.39. The first-order chi connectivity index (χ1) is 12.8.